The summed E-state index contributed by atoms with van der Waals surface area (Å²) in [7, 11) is 0. The van der Waals surface area contributed by atoms with Crippen molar-refractivity contribution in [2.24, 2.45) is 0 Å². The van der Waals surface area contributed by atoms with Crippen LogP contribution < -0.4 is 4.90 Å². The van der Waals surface area contributed by atoms with E-state index < -0.39 is 0 Å². The van der Waals surface area contributed by atoms with E-state index in [9.17, 15) is 0 Å². The molecule has 0 unspecified atom stereocenters. The molecule has 4 aromatic rings. The lowest BCUT2D eigenvalue weighted by molar-refractivity contribution is 0.252. The Hall–Kier alpha value is -3.00. The topological polar surface area (TPSA) is 75.6 Å². The van der Waals surface area contributed by atoms with Gasteiger partial charge in [0.25, 0.3) is 5.78 Å². The standard InChI is InChI=1S/C20H23N7O/c1-15-13-19(27-20(23-15)21-14-22-27)26-11-9-25(10-12-26)8-4-7-18-24-16-5-2-3-6-17(16)28-18/h2-3,5-6,13-14H,4,7-12H2,1H3. The molecule has 5 rings (SSSR count). The van der Waals surface area contributed by atoms with E-state index in [1.165, 1.54) is 0 Å². The van der Waals surface area contributed by atoms with Crippen molar-refractivity contribution in [3.63, 3.8) is 0 Å². The van der Waals surface area contributed by atoms with Gasteiger partial charge in [0.1, 0.15) is 17.7 Å². The van der Waals surface area contributed by atoms with Gasteiger partial charge in [0.15, 0.2) is 11.5 Å². The molecule has 3 aromatic heterocycles. The maximum Gasteiger partial charge on any atom is 0.254 e. The van der Waals surface area contributed by atoms with Gasteiger partial charge in [0, 0.05) is 44.4 Å². The van der Waals surface area contributed by atoms with Gasteiger partial charge in [0.2, 0.25) is 0 Å². The van der Waals surface area contributed by atoms with Gasteiger partial charge in [-0.15, -0.1) is 0 Å². The summed E-state index contributed by atoms with van der Waals surface area (Å²) in [5.41, 5.74) is 2.78. The van der Waals surface area contributed by atoms with Crippen LogP contribution in [0, 0.1) is 6.92 Å². The van der Waals surface area contributed by atoms with Crippen molar-refractivity contribution in [1.29, 1.82) is 0 Å². The predicted molar refractivity (Wildman–Crippen MR) is 107 cm³/mol. The second-order valence-electron chi connectivity index (χ2n) is 7.24. The van der Waals surface area contributed by atoms with Crippen molar-refractivity contribution in [1.82, 2.24) is 29.5 Å². The summed E-state index contributed by atoms with van der Waals surface area (Å²) in [5, 5.41) is 4.33. The summed E-state index contributed by atoms with van der Waals surface area (Å²) in [5.74, 6) is 2.57. The van der Waals surface area contributed by atoms with Crippen LogP contribution >= 0.6 is 0 Å². The van der Waals surface area contributed by atoms with Gasteiger partial charge < -0.3 is 9.32 Å². The Morgan fingerprint density at radius 2 is 1.93 bits per heavy atom. The van der Waals surface area contributed by atoms with Crippen molar-refractivity contribution in [3.05, 3.63) is 48.2 Å². The summed E-state index contributed by atoms with van der Waals surface area (Å²) in [6.07, 6.45) is 3.49. The third kappa shape index (κ3) is 3.31. The van der Waals surface area contributed by atoms with Crippen LogP contribution in [0.5, 0.6) is 0 Å². The molecule has 0 spiro atoms. The highest BCUT2D eigenvalue weighted by atomic mass is 16.3. The maximum atomic E-state index is 5.82. The van der Waals surface area contributed by atoms with Crippen LogP contribution in [0.15, 0.2) is 41.1 Å². The normalized spacial score (nSPS) is 15.7. The van der Waals surface area contributed by atoms with Gasteiger partial charge in [-0.1, -0.05) is 12.1 Å². The lowest BCUT2D eigenvalue weighted by atomic mass is 10.2. The van der Waals surface area contributed by atoms with Gasteiger partial charge in [-0.05, 0) is 32.0 Å². The van der Waals surface area contributed by atoms with E-state index in [1.54, 1.807) is 6.33 Å². The zero-order chi connectivity index (χ0) is 18.9. The number of anilines is 1. The third-order valence-electron chi connectivity index (χ3n) is 5.26. The quantitative estimate of drug-likeness (QED) is 0.528. The van der Waals surface area contributed by atoms with Crippen LogP contribution in [0.2, 0.25) is 0 Å². The largest absolute Gasteiger partial charge is 0.441 e. The molecule has 1 aromatic carbocycles. The fraction of sp³-hybridized carbons (Fsp3) is 0.400. The Morgan fingerprint density at radius 3 is 2.79 bits per heavy atom. The first-order valence-corrected chi connectivity index (χ1v) is 9.75. The summed E-state index contributed by atoms with van der Waals surface area (Å²) < 4.78 is 7.65. The van der Waals surface area contributed by atoms with Crippen molar-refractivity contribution in [3.8, 4) is 0 Å². The van der Waals surface area contributed by atoms with Crippen LogP contribution in [-0.4, -0.2) is 62.2 Å². The van der Waals surface area contributed by atoms with Gasteiger partial charge in [0.05, 0.1) is 0 Å². The molecule has 144 valence electrons. The Kier molecular flexibility index (Phi) is 4.40. The number of piperazine rings is 1. The molecular weight excluding hydrogens is 354 g/mol. The summed E-state index contributed by atoms with van der Waals surface area (Å²) in [6, 6.07) is 10.0. The highest BCUT2D eigenvalue weighted by Crippen LogP contribution is 2.19. The van der Waals surface area contributed by atoms with E-state index in [4.69, 9.17) is 4.42 Å². The number of nitrogens with zero attached hydrogens (tertiary/aromatic N) is 7. The molecule has 0 saturated carbocycles. The lowest BCUT2D eigenvalue weighted by Crippen LogP contribution is -2.47. The molecule has 8 nitrogen and oxygen atoms in total. The molecule has 1 aliphatic rings. The molecule has 1 saturated heterocycles. The first-order valence-electron chi connectivity index (χ1n) is 9.75. The smallest absolute Gasteiger partial charge is 0.254 e. The Labute approximate surface area is 162 Å². The number of oxazole rings is 1. The number of aryl methyl sites for hydroxylation is 2. The zero-order valence-corrected chi connectivity index (χ0v) is 16.0. The molecule has 0 amide bonds. The van der Waals surface area contributed by atoms with Crippen molar-refractivity contribution < 1.29 is 4.42 Å². The lowest BCUT2D eigenvalue weighted by Gasteiger charge is -2.35. The Balaban J connectivity index is 1.16. The SMILES string of the molecule is Cc1cc(N2CCN(CCCc3nc4ccccc4o3)CC2)n2ncnc2n1. The van der Waals surface area contributed by atoms with Gasteiger partial charge in [-0.2, -0.15) is 14.6 Å². The highest BCUT2D eigenvalue weighted by molar-refractivity contribution is 5.72. The summed E-state index contributed by atoms with van der Waals surface area (Å²) >= 11 is 0. The Morgan fingerprint density at radius 1 is 1.07 bits per heavy atom. The minimum absolute atomic E-state index is 0.663. The Bertz CT molecular complexity index is 1060. The number of fused-ring (bicyclic) bond motifs is 2. The van der Waals surface area contributed by atoms with Crippen molar-refractivity contribution >= 4 is 22.7 Å². The number of aromatic nitrogens is 5. The zero-order valence-electron chi connectivity index (χ0n) is 16.0. The number of hydrogen-bond acceptors (Lipinski definition) is 7. The minimum atomic E-state index is 0.663. The second-order valence-corrected chi connectivity index (χ2v) is 7.24. The maximum absolute atomic E-state index is 5.82. The van der Waals surface area contributed by atoms with E-state index >= 15 is 0 Å². The number of rotatable bonds is 5. The second kappa shape index (κ2) is 7.20. The average Bonchev–Trinajstić information content (AvgIpc) is 3.34. The molecule has 0 aliphatic carbocycles. The molecule has 1 aliphatic heterocycles. The molecule has 0 radical (unpaired) electrons. The van der Waals surface area contributed by atoms with E-state index in [0.29, 0.717) is 5.78 Å². The van der Waals surface area contributed by atoms with Crippen LogP contribution in [0.25, 0.3) is 16.9 Å². The molecule has 0 N–H and O–H groups in total. The van der Waals surface area contributed by atoms with Crippen LogP contribution in [0.1, 0.15) is 18.0 Å². The first-order chi connectivity index (χ1) is 13.8. The number of para-hydroxylation sites is 2. The monoisotopic (exact) mass is 377 g/mol. The highest BCUT2D eigenvalue weighted by Gasteiger charge is 2.20. The molecule has 28 heavy (non-hydrogen) atoms. The molecule has 8 heteroatoms. The van der Waals surface area contributed by atoms with Crippen LogP contribution in [0.3, 0.4) is 0 Å². The molecule has 0 atom stereocenters. The molecule has 1 fully saturated rings. The fourth-order valence-corrected chi connectivity index (χ4v) is 3.82. The van der Waals surface area contributed by atoms with E-state index in [0.717, 1.165) is 74.1 Å². The molecule has 4 heterocycles. The van der Waals surface area contributed by atoms with Gasteiger partial charge >= 0.3 is 0 Å². The van der Waals surface area contributed by atoms with Crippen molar-refractivity contribution in [2.75, 3.05) is 37.6 Å². The fourth-order valence-electron chi connectivity index (χ4n) is 3.82. The average molecular weight is 377 g/mol. The number of hydrogen-bond donors (Lipinski definition) is 0. The summed E-state index contributed by atoms with van der Waals surface area (Å²) in [4.78, 5) is 18.1. The van der Waals surface area contributed by atoms with Gasteiger partial charge in [-0.25, -0.2) is 9.97 Å². The molecular formula is C20H23N7O. The van der Waals surface area contributed by atoms with Crippen LogP contribution in [0.4, 0.5) is 5.82 Å². The third-order valence-corrected chi connectivity index (χ3v) is 5.26. The van der Waals surface area contributed by atoms with E-state index in [1.807, 2.05) is 35.7 Å². The summed E-state index contributed by atoms with van der Waals surface area (Å²) in [6.45, 7) is 7.07. The number of benzene rings is 1. The molecule has 0 bridgehead atoms. The van der Waals surface area contributed by atoms with Gasteiger partial charge in [-0.3, -0.25) is 4.90 Å². The predicted octanol–water partition coefficient (Wildman–Crippen LogP) is 2.33. The van der Waals surface area contributed by atoms with Crippen LogP contribution in [-0.2, 0) is 6.42 Å². The first kappa shape index (κ1) is 17.1. The van der Waals surface area contributed by atoms with E-state index in [-0.39, 0.29) is 0 Å². The minimum Gasteiger partial charge on any atom is -0.441 e. The van der Waals surface area contributed by atoms with E-state index in [2.05, 4.69) is 35.9 Å². The van der Waals surface area contributed by atoms with Crippen molar-refractivity contribution in [2.45, 2.75) is 19.8 Å².